The SMILES string of the molecule is COCc1cc([N+](=O)[O-])ccc1NCC1(OC)CCOCC1. The van der Waals surface area contributed by atoms with Crippen molar-refractivity contribution < 1.29 is 19.1 Å². The highest BCUT2D eigenvalue weighted by Crippen LogP contribution is 2.27. The Labute approximate surface area is 129 Å². The second-order valence-electron chi connectivity index (χ2n) is 5.38. The summed E-state index contributed by atoms with van der Waals surface area (Å²) in [5.41, 5.74) is 1.39. The van der Waals surface area contributed by atoms with Gasteiger partial charge in [-0.15, -0.1) is 0 Å². The second-order valence-corrected chi connectivity index (χ2v) is 5.38. The number of nitro groups is 1. The van der Waals surface area contributed by atoms with E-state index in [9.17, 15) is 10.1 Å². The molecule has 1 fully saturated rings. The van der Waals surface area contributed by atoms with Crippen LogP contribution in [0.2, 0.25) is 0 Å². The lowest BCUT2D eigenvalue weighted by molar-refractivity contribution is -0.384. The van der Waals surface area contributed by atoms with E-state index in [0.717, 1.165) is 24.1 Å². The molecule has 122 valence electrons. The van der Waals surface area contributed by atoms with Crippen LogP contribution in [0.4, 0.5) is 11.4 Å². The lowest BCUT2D eigenvalue weighted by atomic mass is 9.93. The van der Waals surface area contributed by atoms with E-state index >= 15 is 0 Å². The first kappa shape index (κ1) is 16.7. The molecule has 0 radical (unpaired) electrons. The number of hydrogen-bond donors (Lipinski definition) is 1. The predicted octanol–water partition coefficient (Wildman–Crippen LogP) is 2.35. The molecular weight excluding hydrogens is 288 g/mol. The number of anilines is 1. The molecule has 0 atom stereocenters. The molecule has 7 nitrogen and oxygen atoms in total. The summed E-state index contributed by atoms with van der Waals surface area (Å²) in [6.07, 6.45) is 1.65. The van der Waals surface area contributed by atoms with E-state index in [4.69, 9.17) is 14.2 Å². The van der Waals surface area contributed by atoms with Crippen molar-refractivity contribution in [3.63, 3.8) is 0 Å². The van der Waals surface area contributed by atoms with Crippen LogP contribution in [0.25, 0.3) is 0 Å². The summed E-state index contributed by atoms with van der Waals surface area (Å²) in [6.45, 7) is 2.30. The fraction of sp³-hybridized carbons (Fsp3) is 0.600. The number of nitro benzene ring substituents is 1. The summed E-state index contributed by atoms with van der Waals surface area (Å²) in [4.78, 5) is 10.5. The van der Waals surface area contributed by atoms with Crippen molar-refractivity contribution in [2.24, 2.45) is 0 Å². The van der Waals surface area contributed by atoms with Crippen molar-refractivity contribution in [2.45, 2.75) is 25.0 Å². The van der Waals surface area contributed by atoms with E-state index in [2.05, 4.69) is 5.32 Å². The average Bonchev–Trinajstić information content (AvgIpc) is 2.54. The molecule has 1 aliphatic heterocycles. The van der Waals surface area contributed by atoms with Crippen molar-refractivity contribution in [3.8, 4) is 0 Å². The summed E-state index contributed by atoms with van der Waals surface area (Å²) < 4.78 is 16.2. The second kappa shape index (κ2) is 7.53. The number of nitrogens with zero attached hydrogens (tertiary/aromatic N) is 1. The molecule has 1 N–H and O–H groups in total. The summed E-state index contributed by atoms with van der Waals surface area (Å²) in [6, 6.07) is 4.75. The van der Waals surface area contributed by atoms with Crippen molar-refractivity contribution in [1.82, 2.24) is 0 Å². The molecule has 1 saturated heterocycles. The molecule has 0 bridgehead atoms. The fourth-order valence-corrected chi connectivity index (χ4v) is 2.59. The quantitative estimate of drug-likeness (QED) is 0.615. The Kier molecular flexibility index (Phi) is 5.70. The van der Waals surface area contributed by atoms with Crippen LogP contribution in [0.5, 0.6) is 0 Å². The highest BCUT2D eigenvalue weighted by molar-refractivity contribution is 5.56. The van der Waals surface area contributed by atoms with Crippen LogP contribution in [0.15, 0.2) is 18.2 Å². The zero-order valence-corrected chi connectivity index (χ0v) is 13.0. The average molecular weight is 310 g/mol. The van der Waals surface area contributed by atoms with E-state index in [1.165, 1.54) is 12.1 Å². The van der Waals surface area contributed by atoms with Crippen LogP contribution in [0.3, 0.4) is 0 Å². The number of rotatable bonds is 7. The third-order valence-corrected chi connectivity index (χ3v) is 4.04. The predicted molar refractivity (Wildman–Crippen MR) is 82.1 cm³/mol. The zero-order valence-electron chi connectivity index (χ0n) is 13.0. The normalized spacial score (nSPS) is 17.2. The minimum Gasteiger partial charge on any atom is -0.382 e. The summed E-state index contributed by atoms with van der Waals surface area (Å²) in [7, 11) is 3.27. The minimum atomic E-state index is -0.405. The van der Waals surface area contributed by atoms with Crippen LogP contribution >= 0.6 is 0 Å². The lowest BCUT2D eigenvalue weighted by Crippen LogP contribution is -2.44. The van der Waals surface area contributed by atoms with Crippen LogP contribution < -0.4 is 5.32 Å². The maximum Gasteiger partial charge on any atom is 0.269 e. The van der Waals surface area contributed by atoms with E-state index in [0.29, 0.717) is 26.4 Å². The van der Waals surface area contributed by atoms with Gasteiger partial charge in [0, 0.05) is 70.2 Å². The van der Waals surface area contributed by atoms with Gasteiger partial charge in [-0.3, -0.25) is 10.1 Å². The smallest absolute Gasteiger partial charge is 0.269 e. The standard InChI is InChI=1S/C15H22N2O5/c1-20-10-12-9-13(17(18)19)3-4-14(12)16-11-15(21-2)5-7-22-8-6-15/h3-4,9,16H,5-8,10-11H2,1-2H3. The Hall–Kier alpha value is -1.70. The molecule has 0 saturated carbocycles. The summed E-state index contributed by atoms with van der Waals surface area (Å²) >= 11 is 0. The number of nitrogens with one attached hydrogen (secondary N) is 1. The number of ether oxygens (including phenoxy) is 3. The van der Waals surface area contributed by atoms with Gasteiger partial charge in [0.1, 0.15) is 0 Å². The Bertz CT molecular complexity index is 515. The molecule has 1 aromatic rings. The Morgan fingerprint density at radius 2 is 2.09 bits per heavy atom. The monoisotopic (exact) mass is 310 g/mol. The van der Waals surface area contributed by atoms with E-state index in [1.54, 1.807) is 20.3 Å². The zero-order chi connectivity index (χ0) is 16.0. The largest absolute Gasteiger partial charge is 0.382 e. The van der Waals surface area contributed by atoms with E-state index in [1.807, 2.05) is 0 Å². The Balaban J connectivity index is 2.12. The first-order chi connectivity index (χ1) is 10.6. The molecule has 0 amide bonds. The molecule has 7 heteroatoms. The van der Waals surface area contributed by atoms with Crippen molar-refractivity contribution in [2.75, 3.05) is 39.3 Å². The van der Waals surface area contributed by atoms with Gasteiger partial charge in [-0.05, 0) is 6.07 Å². The molecule has 1 heterocycles. The maximum absolute atomic E-state index is 10.9. The highest BCUT2D eigenvalue weighted by Gasteiger charge is 2.32. The summed E-state index contributed by atoms with van der Waals surface area (Å²) in [5.74, 6) is 0. The van der Waals surface area contributed by atoms with Gasteiger partial charge in [-0.2, -0.15) is 0 Å². The van der Waals surface area contributed by atoms with Crippen LogP contribution in [0.1, 0.15) is 18.4 Å². The molecule has 1 aliphatic rings. The van der Waals surface area contributed by atoms with Gasteiger partial charge in [-0.25, -0.2) is 0 Å². The molecular formula is C15H22N2O5. The molecule has 0 spiro atoms. The third-order valence-electron chi connectivity index (χ3n) is 4.04. The van der Waals surface area contributed by atoms with Crippen molar-refractivity contribution in [3.05, 3.63) is 33.9 Å². The first-order valence-corrected chi connectivity index (χ1v) is 7.23. The van der Waals surface area contributed by atoms with Crippen LogP contribution in [-0.2, 0) is 20.8 Å². The van der Waals surface area contributed by atoms with Gasteiger partial charge < -0.3 is 19.5 Å². The molecule has 1 aromatic carbocycles. The third kappa shape index (κ3) is 3.94. The van der Waals surface area contributed by atoms with Gasteiger partial charge in [0.15, 0.2) is 0 Å². The number of non-ortho nitro benzene ring substituents is 1. The van der Waals surface area contributed by atoms with E-state index in [-0.39, 0.29) is 11.3 Å². The fourth-order valence-electron chi connectivity index (χ4n) is 2.59. The Morgan fingerprint density at radius 3 is 2.68 bits per heavy atom. The molecule has 0 aliphatic carbocycles. The van der Waals surface area contributed by atoms with Gasteiger partial charge in [0.25, 0.3) is 5.69 Å². The Morgan fingerprint density at radius 1 is 1.36 bits per heavy atom. The van der Waals surface area contributed by atoms with Crippen molar-refractivity contribution in [1.29, 1.82) is 0 Å². The van der Waals surface area contributed by atoms with E-state index < -0.39 is 4.92 Å². The van der Waals surface area contributed by atoms with Gasteiger partial charge in [0.05, 0.1) is 17.1 Å². The van der Waals surface area contributed by atoms with Crippen LogP contribution in [-0.4, -0.2) is 44.5 Å². The lowest BCUT2D eigenvalue weighted by Gasteiger charge is -2.36. The summed E-state index contributed by atoms with van der Waals surface area (Å²) in [5, 5.41) is 14.2. The maximum atomic E-state index is 10.9. The number of hydrogen-bond acceptors (Lipinski definition) is 6. The molecule has 2 rings (SSSR count). The first-order valence-electron chi connectivity index (χ1n) is 7.23. The van der Waals surface area contributed by atoms with Gasteiger partial charge in [-0.1, -0.05) is 0 Å². The topological polar surface area (TPSA) is 82.9 Å². The molecule has 0 unspecified atom stereocenters. The molecule has 0 aromatic heterocycles. The number of methoxy groups -OCH3 is 2. The minimum absolute atomic E-state index is 0.0603. The molecule has 22 heavy (non-hydrogen) atoms. The highest BCUT2D eigenvalue weighted by atomic mass is 16.6. The van der Waals surface area contributed by atoms with Gasteiger partial charge in [0.2, 0.25) is 0 Å². The van der Waals surface area contributed by atoms with Crippen molar-refractivity contribution >= 4 is 11.4 Å². The van der Waals surface area contributed by atoms with Crippen LogP contribution in [0, 0.1) is 10.1 Å². The van der Waals surface area contributed by atoms with Gasteiger partial charge >= 0.3 is 0 Å². The number of benzene rings is 1.